The van der Waals surface area contributed by atoms with Crippen LogP contribution in [0.25, 0.3) is 11.3 Å². The Hall–Kier alpha value is -2.04. The SMILES string of the molecule is Cn1c(C=O)ccc1-c1ccccc1C(F)(F)F. The molecule has 2 nitrogen and oxygen atoms in total. The van der Waals surface area contributed by atoms with Crippen LogP contribution >= 0.6 is 0 Å². The molecule has 18 heavy (non-hydrogen) atoms. The molecule has 0 amide bonds. The lowest BCUT2D eigenvalue weighted by Gasteiger charge is -2.13. The normalized spacial score (nSPS) is 11.6. The Morgan fingerprint density at radius 3 is 2.33 bits per heavy atom. The highest BCUT2D eigenvalue weighted by molar-refractivity contribution is 5.77. The monoisotopic (exact) mass is 253 g/mol. The van der Waals surface area contributed by atoms with Crippen LogP contribution in [0.3, 0.4) is 0 Å². The molecule has 0 N–H and O–H groups in total. The van der Waals surface area contributed by atoms with Crippen molar-refractivity contribution in [3.05, 3.63) is 47.7 Å². The predicted molar refractivity (Wildman–Crippen MR) is 61.2 cm³/mol. The number of carbonyl (C=O) groups is 1. The van der Waals surface area contributed by atoms with Crippen LogP contribution in [0, 0.1) is 0 Å². The molecule has 0 unspecified atom stereocenters. The van der Waals surface area contributed by atoms with Crippen molar-refractivity contribution in [1.82, 2.24) is 4.57 Å². The molecule has 0 saturated heterocycles. The summed E-state index contributed by atoms with van der Waals surface area (Å²) in [4.78, 5) is 10.7. The molecule has 0 fully saturated rings. The fraction of sp³-hybridized carbons (Fsp3) is 0.154. The summed E-state index contributed by atoms with van der Waals surface area (Å²) in [5.41, 5.74) is 0.0660. The Bertz CT molecular complexity index is 584. The molecule has 0 saturated carbocycles. The maximum Gasteiger partial charge on any atom is 0.417 e. The molecular weight excluding hydrogens is 243 g/mol. The zero-order valence-electron chi connectivity index (χ0n) is 9.53. The molecule has 0 aliphatic carbocycles. The molecule has 0 spiro atoms. The Balaban J connectivity index is 2.64. The van der Waals surface area contributed by atoms with Gasteiger partial charge in [-0.2, -0.15) is 13.2 Å². The minimum absolute atomic E-state index is 0.0700. The molecule has 1 heterocycles. The van der Waals surface area contributed by atoms with Crippen LogP contribution in [-0.2, 0) is 13.2 Å². The summed E-state index contributed by atoms with van der Waals surface area (Å²) in [5.74, 6) is 0. The third kappa shape index (κ3) is 2.03. The molecule has 5 heteroatoms. The smallest absolute Gasteiger partial charge is 0.341 e. The van der Waals surface area contributed by atoms with Gasteiger partial charge in [0, 0.05) is 18.3 Å². The van der Waals surface area contributed by atoms with Gasteiger partial charge in [-0.05, 0) is 18.2 Å². The van der Waals surface area contributed by atoms with Gasteiger partial charge in [0.2, 0.25) is 0 Å². The second-order valence-corrected chi connectivity index (χ2v) is 3.86. The number of halogens is 3. The molecule has 0 aliphatic rings. The van der Waals surface area contributed by atoms with Crippen LogP contribution in [0.15, 0.2) is 36.4 Å². The predicted octanol–water partition coefficient (Wildman–Crippen LogP) is 3.52. The van der Waals surface area contributed by atoms with E-state index in [1.54, 1.807) is 7.05 Å². The molecule has 0 bridgehead atoms. The van der Waals surface area contributed by atoms with Crippen molar-refractivity contribution in [2.45, 2.75) is 6.18 Å². The third-order valence-corrected chi connectivity index (χ3v) is 2.79. The van der Waals surface area contributed by atoms with Crippen molar-refractivity contribution in [3.8, 4) is 11.3 Å². The molecule has 2 aromatic rings. The topological polar surface area (TPSA) is 22.0 Å². The summed E-state index contributed by atoms with van der Waals surface area (Å²) in [6.45, 7) is 0. The van der Waals surface area contributed by atoms with Crippen molar-refractivity contribution in [3.63, 3.8) is 0 Å². The van der Waals surface area contributed by atoms with E-state index < -0.39 is 11.7 Å². The second-order valence-electron chi connectivity index (χ2n) is 3.86. The minimum Gasteiger partial charge on any atom is -0.341 e. The van der Waals surface area contributed by atoms with Crippen LogP contribution in [-0.4, -0.2) is 10.9 Å². The van der Waals surface area contributed by atoms with E-state index in [9.17, 15) is 18.0 Å². The first-order valence-electron chi connectivity index (χ1n) is 5.22. The van der Waals surface area contributed by atoms with E-state index >= 15 is 0 Å². The van der Waals surface area contributed by atoms with Gasteiger partial charge in [0.15, 0.2) is 6.29 Å². The first-order chi connectivity index (χ1) is 8.45. The Morgan fingerprint density at radius 2 is 1.78 bits per heavy atom. The molecule has 2 rings (SSSR count). The maximum atomic E-state index is 12.9. The van der Waals surface area contributed by atoms with E-state index in [1.165, 1.54) is 34.9 Å². The van der Waals surface area contributed by atoms with Crippen molar-refractivity contribution in [2.75, 3.05) is 0 Å². The van der Waals surface area contributed by atoms with Crippen LogP contribution in [0.4, 0.5) is 13.2 Å². The summed E-state index contributed by atoms with van der Waals surface area (Å²) in [5, 5.41) is 0. The van der Waals surface area contributed by atoms with Gasteiger partial charge in [0.25, 0.3) is 0 Å². The lowest BCUT2D eigenvalue weighted by Crippen LogP contribution is -2.08. The van der Waals surface area contributed by atoms with Crippen molar-refractivity contribution in [2.24, 2.45) is 7.05 Å². The average Bonchev–Trinajstić information content (AvgIpc) is 2.69. The van der Waals surface area contributed by atoms with Crippen LogP contribution in [0.1, 0.15) is 16.1 Å². The van der Waals surface area contributed by atoms with E-state index in [0.29, 0.717) is 17.7 Å². The number of benzene rings is 1. The van der Waals surface area contributed by atoms with Gasteiger partial charge in [-0.15, -0.1) is 0 Å². The number of hydrogen-bond acceptors (Lipinski definition) is 1. The van der Waals surface area contributed by atoms with Gasteiger partial charge in [-0.1, -0.05) is 18.2 Å². The van der Waals surface area contributed by atoms with Gasteiger partial charge < -0.3 is 4.57 Å². The second kappa shape index (κ2) is 4.33. The Kier molecular flexibility index (Phi) is 2.98. The first kappa shape index (κ1) is 12.4. The summed E-state index contributed by atoms with van der Waals surface area (Å²) < 4.78 is 40.1. The highest BCUT2D eigenvalue weighted by Crippen LogP contribution is 2.37. The van der Waals surface area contributed by atoms with Gasteiger partial charge in [0.1, 0.15) is 0 Å². The van der Waals surface area contributed by atoms with Crippen molar-refractivity contribution < 1.29 is 18.0 Å². The van der Waals surface area contributed by atoms with Gasteiger partial charge >= 0.3 is 6.18 Å². The number of nitrogens with zero attached hydrogens (tertiary/aromatic N) is 1. The zero-order chi connectivity index (χ0) is 13.3. The maximum absolute atomic E-state index is 12.9. The van der Waals surface area contributed by atoms with Crippen molar-refractivity contribution >= 4 is 6.29 Å². The fourth-order valence-electron chi connectivity index (χ4n) is 1.87. The zero-order valence-corrected chi connectivity index (χ0v) is 9.53. The molecular formula is C13H10F3NO. The molecule has 1 aromatic heterocycles. The van der Waals surface area contributed by atoms with E-state index in [2.05, 4.69) is 0 Å². The largest absolute Gasteiger partial charge is 0.417 e. The number of hydrogen-bond donors (Lipinski definition) is 0. The lowest BCUT2D eigenvalue weighted by molar-refractivity contribution is -0.137. The number of aromatic nitrogens is 1. The number of aldehydes is 1. The molecule has 94 valence electrons. The quantitative estimate of drug-likeness (QED) is 0.750. The standard InChI is InChI=1S/C13H10F3NO/c1-17-9(8-18)6-7-12(17)10-4-2-3-5-11(10)13(14,15)16/h2-8H,1H3. The van der Waals surface area contributed by atoms with Crippen LogP contribution in [0.5, 0.6) is 0 Å². The number of rotatable bonds is 2. The van der Waals surface area contributed by atoms with Gasteiger partial charge in [-0.3, -0.25) is 4.79 Å². The molecule has 1 aromatic carbocycles. The van der Waals surface area contributed by atoms with Crippen molar-refractivity contribution in [1.29, 1.82) is 0 Å². The van der Waals surface area contributed by atoms with E-state index in [4.69, 9.17) is 0 Å². The van der Waals surface area contributed by atoms with E-state index in [1.807, 2.05) is 0 Å². The van der Waals surface area contributed by atoms with E-state index in [0.717, 1.165) is 6.07 Å². The summed E-state index contributed by atoms with van der Waals surface area (Å²) >= 11 is 0. The average molecular weight is 253 g/mol. The van der Waals surface area contributed by atoms with Crippen LogP contribution in [0.2, 0.25) is 0 Å². The first-order valence-corrected chi connectivity index (χ1v) is 5.22. The minimum atomic E-state index is -4.41. The molecule has 0 radical (unpaired) electrons. The summed E-state index contributed by atoms with van der Waals surface area (Å²) in [7, 11) is 1.56. The fourth-order valence-corrected chi connectivity index (χ4v) is 1.87. The molecule has 0 atom stereocenters. The number of alkyl halides is 3. The highest BCUT2D eigenvalue weighted by atomic mass is 19.4. The number of carbonyl (C=O) groups excluding carboxylic acids is 1. The highest BCUT2D eigenvalue weighted by Gasteiger charge is 2.33. The van der Waals surface area contributed by atoms with Gasteiger partial charge in [-0.25, -0.2) is 0 Å². The summed E-state index contributed by atoms with van der Waals surface area (Å²) in [6, 6.07) is 8.31. The van der Waals surface area contributed by atoms with E-state index in [-0.39, 0.29) is 5.56 Å². The lowest BCUT2D eigenvalue weighted by atomic mass is 10.0. The third-order valence-electron chi connectivity index (χ3n) is 2.79. The Morgan fingerprint density at radius 1 is 1.11 bits per heavy atom. The van der Waals surface area contributed by atoms with Crippen LogP contribution < -0.4 is 0 Å². The summed E-state index contributed by atoms with van der Waals surface area (Å²) in [6.07, 6.45) is -3.80. The van der Waals surface area contributed by atoms with Gasteiger partial charge in [0.05, 0.1) is 11.3 Å². The Labute approximate surface area is 102 Å². The molecule has 0 aliphatic heterocycles.